The van der Waals surface area contributed by atoms with Gasteiger partial charge in [0, 0.05) is 44.2 Å². The Bertz CT molecular complexity index is 1360. The van der Waals surface area contributed by atoms with Crippen molar-refractivity contribution < 1.29 is 18.3 Å². The van der Waals surface area contributed by atoms with Gasteiger partial charge in [-0.05, 0) is 37.7 Å². The number of fused-ring (bicyclic) bond motifs is 1. The van der Waals surface area contributed by atoms with E-state index in [2.05, 4.69) is 37.6 Å². The average molecular weight is 540 g/mol. The van der Waals surface area contributed by atoms with Crippen molar-refractivity contribution in [2.75, 3.05) is 63.4 Å². The number of ether oxygens (including phenoxy) is 1. The number of piperazine rings is 1. The first-order valence-corrected chi connectivity index (χ1v) is 12.7. The van der Waals surface area contributed by atoms with E-state index in [1.54, 1.807) is 0 Å². The minimum absolute atomic E-state index is 0.119. The fraction of sp³-hybridized carbons (Fsp3) is 0.346. The van der Waals surface area contributed by atoms with Crippen LogP contribution in [0.3, 0.4) is 0 Å². The van der Waals surface area contributed by atoms with Crippen LogP contribution in [-0.2, 0) is 4.79 Å². The van der Waals surface area contributed by atoms with Crippen molar-refractivity contribution in [3.8, 4) is 5.75 Å². The first-order valence-electron chi connectivity index (χ1n) is 12.7. The third-order valence-electron chi connectivity index (χ3n) is 6.58. The number of halogens is 2. The molecule has 2 aliphatic heterocycles. The summed E-state index contributed by atoms with van der Waals surface area (Å²) < 4.78 is 34.3. The Hall–Kier alpha value is -4.23. The maximum Gasteiger partial charge on any atom is 0.239 e. The molecule has 0 atom stereocenters. The summed E-state index contributed by atoms with van der Waals surface area (Å²) in [5.74, 6) is -1.19. The molecule has 1 aromatic heterocycles. The average Bonchev–Trinajstić information content (AvgIpc) is 3.30. The predicted molar refractivity (Wildman–Crippen MR) is 143 cm³/mol. The number of anilines is 2. The zero-order valence-electron chi connectivity index (χ0n) is 21.6. The number of hydrogen-bond acceptors (Lipinski definition) is 10. The lowest BCUT2D eigenvalue weighted by Gasteiger charge is -2.32. The fourth-order valence-corrected chi connectivity index (χ4v) is 4.51. The summed E-state index contributed by atoms with van der Waals surface area (Å²) in [6.45, 7) is 5.69. The number of nitrogens with zero attached hydrogens (tertiary/aromatic N) is 6. The Balaban J connectivity index is 1.25. The number of benzene rings is 2. The number of hydrazine groups is 2. The second-order valence-corrected chi connectivity index (χ2v) is 9.48. The summed E-state index contributed by atoms with van der Waals surface area (Å²) in [7, 11) is 2.15. The first kappa shape index (κ1) is 26.4. The number of primary amides is 1. The molecular formula is C26H31F2N9O2. The van der Waals surface area contributed by atoms with Gasteiger partial charge in [-0.2, -0.15) is 5.12 Å². The predicted octanol–water partition coefficient (Wildman–Crippen LogP) is 1.86. The summed E-state index contributed by atoms with van der Waals surface area (Å²) in [6, 6.07) is 9.32. The highest BCUT2D eigenvalue weighted by Crippen LogP contribution is 2.28. The maximum absolute atomic E-state index is 14.5. The molecule has 39 heavy (non-hydrogen) atoms. The lowest BCUT2D eigenvalue weighted by molar-refractivity contribution is -0.118. The Morgan fingerprint density at radius 3 is 2.77 bits per heavy atom. The molecule has 4 N–H and O–H groups in total. The van der Waals surface area contributed by atoms with Gasteiger partial charge in [0.15, 0.2) is 11.6 Å². The van der Waals surface area contributed by atoms with Gasteiger partial charge in [-0.15, -0.1) is 0 Å². The molecule has 0 saturated carbocycles. The van der Waals surface area contributed by atoms with Crippen LogP contribution in [0.15, 0.2) is 54.7 Å². The number of amides is 1. The molecule has 0 spiro atoms. The van der Waals surface area contributed by atoms with E-state index in [0.717, 1.165) is 50.6 Å². The van der Waals surface area contributed by atoms with E-state index in [9.17, 15) is 13.6 Å². The Morgan fingerprint density at radius 2 is 1.97 bits per heavy atom. The first-order chi connectivity index (χ1) is 18.9. The molecule has 5 rings (SSSR count). The van der Waals surface area contributed by atoms with E-state index in [1.807, 2.05) is 18.2 Å². The third kappa shape index (κ3) is 6.26. The summed E-state index contributed by atoms with van der Waals surface area (Å²) in [5, 5.41) is 6.38. The monoisotopic (exact) mass is 539 g/mol. The van der Waals surface area contributed by atoms with E-state index < -0.39 is 17.5 Å². The summed E-state index contributed by atoms with van der Waals surface area (Å²) in [4.78, 5) is 25.1. The van der Waals surface area contributed by atoms with Crippen molar-refractivity contribution >= 4 is 28.3 Å². The van der Waals surface area contributed by atoms with Crippen LogP contribution in [0.4, 0.5) is 20.3 Å². The van der Waals surface area contributed by atoms with Crippen LogP contribution in [0.1, 0.15) is 6.42 Å². The molecule has 0 unspecified atom stereocenters. The quantitative estimate of drug-likeness (QED) is 0.330. The largest absolute Gasteiger partial charge is 0.493 e. The van der Waals surface area contributed by atoms with Gasteiger partial charge in [-0.1, -0.05) is 6.07 Å². The number of rotatable bonds is 10. The molecule has 1 saturated heterocycles. The Morgan fingerprint density at radius 1 is 1.15 bits per heavy atom. The van der Waals surface area contributed by atoms with Gasteiger partial charge >= 0.3 is 0 Å². The Kier molecular flexibility index (Phi) is 7.89. The van der Waals surface area contributed by atoms with Crippen LogP contribution >= 0.6 is 0 Å². The van der Waals surface area contributed by atoms with Gasteiger partial charge in [0.2, 0.25) is 5.91 Å². The molecule has 0 radical (unpaired) electrons. The zero-order valence-corrected chi connectivity index (χ0v) is 21.6. The molecule has 0 bridgehead atoms. The van der Waals surface area contributed by atoms with Crippen molar-refractivity contribution in [1.82, 2.24) is 30.2 Å². The highest BCUT2D eigenvalue weighted by molar-refractivity contribution is 5.90. The van der Waals surface area contributed by atoms with Crippen LogP contribution in [0, 0.1) is 11.6 Å². The summed E-state index contributed by atoms with van der Waals surface area (Å²) in [6.07, 6.45) is 3.87. The van der Waals surface area contributed by atoms with E-state index in [1.165, 1.54) is 34.8 Å². The van der Waals surface area contributed by atoms with Gasteiger partial charge in [0.25, 0.3) is 0 Å². The highest BCUT2D eigenvalue weighted by Gasteiger charge is 2.27. The van der Waals surface area contributed by atoms with E-state index >= 15 is 0 Å². The van der Waals surface area contributed by atoms with Crippen molar-refractivity contribution in [2.45, 2.75) is 6.42 Å². The van der Waals surface area contributed by atoms with Crippen LogP contribution in [0.25, 0.3) is 10.9 Å². The smallest absolute Gasteiger partial charge is 0.239 e. The van der Waals surface area contributed by atoms with E-state index in [4.69, 9.17) is 10.5 Å². The number of aromatic nitrogens is 2. The fourth-order valence-electron chi connectivity index (χ4n) is 4.51. The van der Waals surface area contributed by atoms with E-state index in [-0.39, 0.29) is 12.2 Å². The summed E-state index contributed by atoms with van der Waals surface area (Å²) >= 11 is 0. The highest BCUT2D eigenvalue weighted by atomic mass is 19.2. The number of nitrogens with one attached hydrogen (secondary N) is 2. The van der Waals surface area contributed by atoms with Gasteiger partial charge < -0.3 is 25.6 Å². The molecule has 13 heteroatoms. The number of carbonyl (C=O) groups is 1. The van der Waals surface area contributed by atoms with Crippen molar-refractivity contribution in [2.24, 2.45) is 5.73 Å². The van der Waals surface area contributed by atoms with Crippen LogP contribution in [0.2, 0.25) is 0 Å². The van der Waals surface area contributed by atoms with Gasteiger partial charge in [-0.25, -0.2) is 18.7 Å². The molecule has 206 valence electrons. The molecule has 3 aromatic rings. The summed E-state index contributed by atoms with van der Waals surface area (Å²) in [5.41, 5.74) is 8.84. The second kappa shape index (κ2) is 11.7. The topological polar surface area (TPSA) is 115 Å². The van der Waals surface area contributed by atoms with Gasteiger partial charge in [0.1, 0.15) is 35.9 Å². The molecule has 2 aromatic carbocycles. The third-order valence-corrected chi connectivity index (χ3v) is 6.58. The minimum Gasteiger partial charge on any atom is -0.493 e. The van der Waals surface area contributed by atoms with E-state index in [0.29, 0.717) is 29.5 Å². The SMILES string of the molecule is CN1CCN(CCCOc2ccc3c(NC4=CN(CC(N)=O)N(c5cccc(F)c5F)N4)ncnc3c2)CC1. The van der Waals surface area contributed by atoms with Crippen molar-refractivity contribution in [3.63, 3.8) is 0 Å². The molecule has 11 nitrogen and oxygen atoms in total. The molecule has 2 aliphatic rings. The second-order valence-electron chi connectivity index (χ2n) is 9.48. The Labute approximate surface area is 224 Å². The molecule has 3 heterocycles. The molecule has 1 amide bonds. The standard InChI is InChI=1S/C26H31F2N9O2/c1-34-9-11-35(12-10-34)8-3-13-39-18-6-7-19-21(14-18)30-17-31-26(19)32-24-16-36(15-23(29)38)37(33-24)22-5-2-4-20(27)25(22)28/h2,4-7,14,16-17,33H,3,8-13,15H2,1H3,(H2,29,38)(H,30,31,32). The van der Waals surface area contributed by atoms with Crippen molar-refractivity contribution in [3.05, 3.63) is 66.4 Å². The van der Waals surface area contributed by atoms with Crippen LogP contribution in [-0.4, -0.2) is 83.6 Å². The van der Waals surface area contributed by atoms with Crippen LogP contribution < -0.4 is 26.3 Å². The lowest BCUT2D eigenvalue weighted by Crippen LogP contribution is -2.47. The normalized spacial score (nSPS) is 16.3. The number of hydrogen-bond donors (Lipinski definition) is 3. The number of nitrogens with two attached hydrogens (primary N) is 1. The number of carbonyl (C=O) groups excluding carboxylic acids is 1. The maximum atomic E-state index is 14.5. The van der Waals surface area contributed by atoms with Gasteiger partial charge in [-0.3, -0.25) is 15.2 Å². The minimum atomic E-state index is -1.07. The molecule has 1 fully saturated rings. The number of likely N-dealkylation sites (N-methyl/N-ethyl adjacent to an activating group) is 1. The van der Waals surface area contributed by atoms with Crippen LogP contribution in [0.5, 0.6) is 5.75 Å². The zero-order chi connectivity index (χ0) is 27.4. The lowest BCUT2D eigenvalue weighted by atomic mass is 10.2. The molecule has 0 aliphatic carbocycles. The van der Waals surface area contributed by atoms with Gasteiger partial charge in [0.05, 0.1) is 18.3 Å². The molecular weight excluding hydrogens is 508 g/mol. The van der Waals surface area contributed by atoms with Crippen molar-refractivity contribution in [1.29, 1.82) is 0 Å².